The van der Waals surface area contributed by atoms with Crippen LogP contribution in [-0.2, 0) is 13.1 Å². The second-order valence-corrected chi connectivity index (χ2v) is 8.13. The van der Waals surface area contributed by atoms with E-state index in [9.17, 15) is 4.79 Å². The fourth-order valence-corrected chi connectivity index (χ4v) is 3.94. The Bertz CT molecular complexity index is 1020. The highest BCUT2D eigenvalue weighted by Gasteiger charge is 2.17. The molecule has 2 aromatic heterocycles. The Balaban J connectivity index is 1.33. The average molecular weight is 439 g/mol. The van der Waals surface area contributed by atoms with Crippen LogP contribution in [0, 0.1) is 0 Å². The molecule has 31 heavy (non-hydrogen) atoms. The lowest BCUT2D eigenvalue weighted by atomic mass is 10.2. The van der Waals surface area contributed by atoms with Crippen LogP contribution >= 0.6 is 11.6 Å². The van der Waals surface area contributed by atoms with Crippen molar-refractivity contribution >= 4 is 29.0 Å². The van der Waals surface area contributed by atoms with Crippen LogP contribution < -0.4 is 10.2 Å². The molecule has 1 aromatic carbocycles. The predicted molar refractivity (Wildman–Crippen MR) is 124 cm³/mol. The summed E-state index contributed by atoms with van der Waals surface area (Å²) in [6.07, 6.45) is 6.79. The Morgan fingerprint density at radius 2 is 2.03 bits per heavy atom. The topological polar surface area (TPSA) is 66.3 Å². The number of aromatic nitrogens is 3. The molecule has 1 amide bonds. The molecular weight excluding hydrogens is 412 g/mol. The highest BCUT2D eigenvalue weighted by atomic mass is 35.5. The van der Waals surface area contributed by atoms with Gasteiger partial charge in [-0.25, -0.2) is 4.98 Å². The van der Waals surface area contributed by atoms with E-state index >= 15 is 0 Å². The molecule has 0 saturated carbocycles. The Morgan fingerprint density at radius 3 is 2.77 bits per heavy atom. The van der Waals surface area contributed by atoms with Gasteiger partial charge in [-0.2, -0.15) is 5.10 Å². The average Bonchev–Trinajstić information content (AvgIpc) is 3.10. The maximum absolute atomic E-state index is 12.5. The first-order valence-electron chi connectivity index (χ1n) is 10.6. The molecule has 1 aliphatic rings. The minimum absolute atomic E-state index is 0.198. The van der Waals surface area contributed by atoms with E-state index in [2.05, 4.69) is 38.3 Å². The van der Waals surface area contributed by atoms with Crippen LogP contribution in [-0.4, -0.2) is 51.8 Å². The van der Waals surface area contributed by atoms with Gasteiger partial charge in [-0.15, -0.1) is 0 Å². The van der Waals surface area contributed by atoms with E-state index in [4.69, 9.17) is 11.6 Å². The van der Waals surface area contributed by atoms with Gasteiger partial charge in [-0.3, -0.25) is 14.4 Å². The summed E-state index contributed by atoms with van der Waals surface area (Å²) in [4.78, 5) is 21.8. The molecule has 0 radical (unpaired) electrons. The lowest BCUT2D eigenvalue weighted by molar-refractivity contribution is 0.102. The van der Waals surface area contributed by atoms with Crippen molar-refractivity contribution in [2.75, 3.05) is 36.4 Å². The maximum atomic E-state index is 12.5. The minimum Gasteiger partial charge on any atom is -0.355 e. The molecule has 0 atom stereocenters. The first kappa shape index (κ1) is 21.3. The number of amides is 1. The van der Waals surface area contributed by atoms with Crippen molar-refractivity contribution in [3.63, 3.8) is 0 Å². The van der Waals surface area contributed by atoms with Crippen molar-refractivity contribution in [2.45, 2.75) is 26.4 Å². The monoisotopic (exact) mass is 438 g/mol. The molecule has 1 N–H and O–H groups in total. The number of nitrogens with zero attached hydrogens (tertiary/aromatic N) is 5. The molecule has 3 heterocycles. The van der Waals surface area contributed by atoms with E-state index in [1.54, 1.807) is 24.4 Å². The third kappa shape index (κ3) is 5.62. The molecule has 162 valence electrons. The van der Waals surface area contributed by atoms with Crippen LogP contribution in [0.1, 0.15) is 29.3 Å². The predicted octanol–water partition coefficient (Wildman–Crippen LogP) is 3.92. The van der Waals surface area contributed by atoms with E-state index < -0.39 is 0 Å². The number of aryl methyl sites for hydroxylation is 1. The SMILES string of the molecule is CCn1cc(CN2CCCN(c3ccc(C(=O)Nc4cccc(Cl)c4)cn3)CC2)cn1. The quantitative estimate of drug-likeness (QED) is 0.632. The number of nitrogens with one attached hydrogen (secondary N) is 1. The molecule has 0 aliphatic carbocycles. The third-order valence-corrected chi connectivity index (χ3v) is 5.66. The van der Waals surface area contributed by atoms with Crippen molar-refractivity contribution in [1.82, 2.24) is 19.7 Å². The molecule has 3 aromatic rings. The van der Waals surface area contributed by atoms with Crippen LogP contribution in [0.25, 0.3) is 0 Å². The summed E-state index contributed by atoms with van der Waals surface area (Å²) >= 11 is 5.98. The zero-order chi connectivity index (χ0) is 21.6. The minimum atomic E-state index is -0.198. The van der Waals surface area contributed by atoms with Crippen molar-refractivity contribution in [1.29, 1.82) is 0 Å². The molecule has 0 spiro atoms. The van der Waals surface area contributed by atoms with Crippen LogP contribution in [0.3, 0.4) is 0 Å². The molecule has 8 heteroatoms. The number of pyridine rings is 1. The summed E-state index contributed by atoms with van der Waals surface area (Å²) in [6, 6.07) is 10.9. The Morgan fingerprint density at radius 1 is 1.13 bits per heavy atom. The lowest BCUT2D eigenvalue weighted by Gasteiger charge is -2.22. The summed E-state index contributed by atoms with van der Waals surface area (Å²) in [5.41, 5.74) is 2.44. The number of hydrogen-bond acceptors (Lipinski definition) is 5. The van der Waals surface area contributed by atoms with Crippen LogP contribution in [0.4, 0.5) is 11.5 Å². The van der Waals surface area contributed by atoms with Gasteiger partial charge in [-0.1, -0.05) is 17.7 Å². The zero-order valence-corrected chi connectivity index (χ0v) is 18.4. The van der Waals surface area contributed by atoms with Gasteiger partial charge < -0.3 is 10.2 Å². The summed E-state index contributed by atoms with van der Waals surface area (Å²) in [6.45, 7) is 7.79. The number of benzene rings is 1. The van der Waals surface area contributed by atoms with Gasteiger partial charge in [0, 0.05) is 67.9 Å². The molecule has 7 nitrogen and oxygen atoms in total. The van der Waals surface area contributed by atoms with E-state index in [-0.39, 0.29) is 5.91 Å². The maximum Gasteiger partial charge on any atom is 0.257 e. The Kier molecular flexibility index (Phi) is 6.84. The molecule has 4 rings (SSSR count). The number of anilines is 2. The van der Waals surface area contributed by atoms with Gasteiger partial charge in [0.25, 0.3) is 5.91 Å². The number of rotatable bonds is 6. The normalized spacial score (nSPS) is 15.0. The van der Waals surface area contributed by atoms with Crippen LogP contribution in [0.15, 0.2) is 55.0 Å². The van der Waals surface area contributed by atoms with Gasteiger partial charge in [0.2, 0.25) is 0 Å². The molecular formula is C23H27ClN6O. The third-order valence-electron chi connectivity index (χ3n) is 5.42. The van der Waals surface area contributed by atoms with E-state index in [1.807, 2.05) is 29.1 Å². The van der Waals surface area contributed by atoms with Crippen molar-refractivity contribution in [3.05, 3.63) is 71.1 Å². The Hall–Kier alpha value is -2.90. The molecule has 1 fully saturated rings. The van der Waals surface area contributed by atoms with Crippen molar-refractivity contribution in [3.8, 4) is 0 Å². The van der Waals surface area contributed by atoms with Gasteiger partial charge in [0.15, 0.2) is 0 Å². The summed E-state index contributed by atoms with van der Waals surface area (Å²) in [5.74, 6) is 0.705. The molecule has 0 unspecified atom stereocenters. The summed E-state index contributed by atoms with van der Waals surface area (Å²) in [7, 11) is 0. The smallest absolute Gasteiger partial charge is 0.257 e. The van der Waals surface area contributed by atoms with Gasteiger partial charge in [0.1, 0.15) is 5.82 Å². The van der Waals surface area contributed by atoms with Crippen molar-refractivity contribution in [2.24, 2.45) is 0 Å². The first-order chi connectivity index (χ1) is 15.1. The number of halogens is 1. The standard InChI is InChI=1S/C23H27ClN6O/c1-2-30-17-18(14-26-30)16-28-9-4-10-29(12-11-28)22-8-7-19(15-25-22)23(31)27-21-6-3-5-20(24)13-21/h3,5-8,13-15,17H,2,4,9-12,16H2,1H3,(H,27,31). The van der Waals surface area contributed by atoms with Crippen LogP contribution in [0.2, 0.25) is 5.02 Å². The fourth-order valence-electron chi connectivity index (χ4n) is 3.75. The van der Waals surface area contributed by atoms with E-state index in [0.717, 1.165) is 51.5 Å². The molecule has 0 bridgehead atoms. The molecule has 1 saturated heterocycles. The van der Waals surface area contributed by atoms with E-state index in [0.29, 0.717) is 16.3 Å². The fraction of sp³-hybridized carbons (Fsp3) is 0.348. The largest absolute Gasteiger partial charge is 0.355 e. The number of hydrogen-bond donors (Lipinski definition) is 1. The van der Waals surface area contributed by atoms with E-state index in [1.165, 1.54) is 5.56 Å². The number of carbonyl (C=O) groups excluding carboxylic acids is 1. The van der Waals surface area contributed by atoms with Gasteiger partial charge in [0.05, 0.1) is 11.8 Å². The highest BCUT2D eigenvalue weighted by Crippen LogP contribution is 2.18. The first-order valence-corrected chi connectivity index (χ1v) is 11.0. The second-order valence-electron chi connectivity index (χ2n) is 7.69. The summed E-state index contributed by atoms with van der Waals surface area (Å²) < 4.78 is 1.97. The summed E-state index contributed by atoms with van der Waals surface area (Å²) in [5, 5.41) is 7.81. The Labute approximate surface area is 187 Å². The van der Waals surface area contributed by atoms with Crippen molar-refractivity contribution < 1.29 is 4.79 Å². The lowest BCUT2D eigenvalue weighted by Crippen LogP contribution is -2.31. The zero-order valence-electron chi connectivity index (χ0n) is 17.7. The second kappa shape index (κ2) is 9.94. The number of carbonyl (C=O) groups is 1. The van der Waals surface area contributed by atoms with Gasteiger partial charge >= 0.3 is 0 Å². The van der Waals surface area contributed by atoms with Gasteiger partial charge in [-0.05, 0) is 43.7 Å². The molecule has 1 aliphatic heterocycles. The highest BCUT2D eigenvalue weighted by molar-refractivity contribution is 6.30. The van der Waals surface area contributed by atoms with Crippen LogP contribution in [0.5, 0.6) is 0 Å².